The Morgan fingerprint density at radius 3 is 1.44 bits per heavy atom. The lowest BCUT2D eigenvalue weighted by molar-refractivity contribution is 0.0535. The van der Waals surface area contributed by atoms with E-state index >= 15 is 0 Å². The smallest absolute Gasteiger partial charge is 0.419 e. The van der Waals surface area contributed by atoms with E-state index in [1.165, 1.54) is 16.5 Å². The Balaban J connectivity index is 0.000000165. The lowest BCUT2D eigenvalue weighted by atomic mass is 10.1. The van der Waals surface area contributed by atoms with E-state index < -0.39 is 29.0 Å². The van der Waals surface area contributed by atoms with Crippen molar-refractivity contribution in [1.29, 1.82) is 0 Å². The Hall–Kier alpha value is -7.57. The van der Waals surface area contributed by atoms with Crippen molar-refractivity contribution in [3.8, 4) is 33.8 Å². The van der Waals surface area contributed by atoms with Gasteiger partial charge in [0.15, 0.2) is 0 Å². The molecular weight excluding hydrogens is 967 g/mol. The van der Waals surface area contributed by atoms with Crippen LogP contribution in [0.1, 0.15) is 79.0 Å². The van der Waals surface area contributed by atoms with Crippen LogP contribution in [0.15, 0.2) is 150 Å². The van der Waals surface area contributed by atoms with Gasteiger partial charge in [-0.25, -0.2) is 23.5 Å². The summed E-state index contributed by atoms with van der Waals surface area (Å²) in [6, 6.07) is 47.7. The van der Waals surface area contributed by atoms with Gasteiger partial charge in [0.05, 0.1) is 22.4 Å². The Morgan fingerprint density at radius 1 is 0.514 bits per heavy atom. The molecule has 12 heteroatoms. The van der Waals surface area contributed by atoms with E-state index in [4.69, 9.17) is 19.9 Å². The van der Waals surface area contributed by atoms with Crippen LogP contribution in [-0.4, -0.2) is 49.2 Å². The summed E-state index contributed by atoms with van der Waals surface area (Å²) in [6.45, 7) is 22.7. The second kappa shape index (κ2) is 21.0. The SMILES string of the molecule is Cc1ccccc1-c1cc2ccc(Br)cc2n1C(=O)OC(C)(C)C.Cc1ccccc1-c1cc2ccc(N)cc2[nH]1.Cc1ccccc1-c1cc2ccc(NC(=O)OC(C)(C)C)cc2n1C(=O)OC(C)(C)C. The summed E-state index contributed by atoms with van der Waals surface area (Å²) in [6.07, 6.45) is -1.40. The van der Waals surface area contributed by atoms with Crippen molar-refractivity contribution in [2.75, 3.05) is 11.1 Å². The monoisotopic (exact) mass is 1030 g/mol. The van der Waals surface area contributed by atoms with Crippen molar-refractivity contribution in [1.82, 2.24) is 14.1 Å². The number of nitrogen functional groups attached to an aromatic ring is 1. The quantitative estimate of drug-likeness (QED) is 0.118. The number of ether oxygens (including phenoxy) is 3. The average molecular weight is 1030 g/mol. The molecule has 3 aromatic heterocycles. The summed E-state index contributed by atoms with van der Waals surface area (Å²) in [5.74, 6) is 0. The third kappa shape index (κ3) is 12.8. The second-order valence-electron chi connectivity index (χ2n) is 20.8. The molecule has 6 aromatic carbocycles. The zero-order valence-corrected chi connectivity index (χ0v) is 44.7. The van der Waals surface area contributed by atoms with Crippen molar-refractivity contribution < 1.29 is 28.6 Å². The summed E-state index contributed by atoms with van der Waals surface area (Å²) >= 11 is 3.49. The molecule has 0 aliphatic carbocycles. The first-order chi connectivity index (χ1) is 33.8. The topological polar surface area (TPSA) is 143 Å². The number of rotatable bonds is 4. The number of aromatic nitrogens is 3. The van der Waals surface area contributed by atoms with Crippen molar-refractivity contribution in [2.24, 2.45) is 0 Å². The van der Waals surface area contributed by atoms with Crippen molar-refractivity contribution in [3.63, 3.8) is 0 Å². The number of nitrogens with zero attached hydrogens (tertiary/aromatic N) is 2. The molecule has 9 aromatic rings. The number of anilines is 2. The Labute approximate surface area is 430 Å². The first kappa shape index (κ1) is 52.3. The average Bonchev–Trinajstić information content (AvgIpc) is 3.99. The zero-order valence-electron chi connectivity index (χ0n) is 43.2. The zero-order chi connectivity index (χ0) is 52.3. The minimum atomic E-state index is -0.650. The summed E-state index contributed by atoms with van der Waals surface area (Å²) in [5, 5.41) is 5.79. The third-order valence-corrected chi connectivity index (χ3v) is 11.8. The Kier molecular flexibility index (Phi) is 15.3. The Bertz CT molecular complexity index is 3450. The molecule has 72 heavy (non-hydrogen) atoms. The number of amides is 1. The van der Waals surface area contributed by atoms with E-state index in [2.05, 4.69) is 63.5 Å². The fourth-order valence-electron chi connectivity index (χ4n) is 8.16. The van der Waals surface area contributed by atoms with Gasteiger partial charge in [0, 0.05) is 59.9 Å². The molecule has 0 saturated carbocycles. The number of halogens is 1. The molecule has 0 bridgehead atoms. The fraction of sp³-hybridized carbons (Fsp3) is 0.250. The van der Waals surface area contributed by atoms with Gasteiger partial charge < -0.3 is 24.9 Å². The molecule has 0 fully saturated rings. The first-order valence-electron chi connectivity index (χ1n) is 23.8. The standard InChI is InChI=1S/C25H30N2O4.C20H20BrNO2.C15H14N2/c1-16-10-8-9-11-19(16)21-14-17-12-13-18(26-22(28)30-24(2,3)4)15-20(17)27(21)23(29)31-25(5,6)7;1-13-7-5-6-8-16(13)18-11-14-9-10-15(21)12-17(14)22(18)19(23)24-20(2,3)4;1-10-4-2-3-5-13(10)15-8-11-6-7-12(16)9-14(11)17-15/h8-15H,1-7H3,(H,26,28);5-12H,1-4H3;2-9,17H,16H2,1H3. The van der Waals surface area contributed by atoms with Gasteiger partial charge in [-0.2, -0.15) is 0 Å². The maximum Gasteiger partial charge on any atom is 0.419 e. The molecule has 9 rings (SSSR count). The molecule has 0 spiro atoms. The number of hydrogen-bond acceptors (Lipinski definition) is 7. The summed E-state index contributed by atoms with van der Waals surface area (Å²) in [4.78, 5) is 41.7. The van der Waals surface area contributed by atoms with Gasteiger partial charge >= 0.3 is 18.3 Å². The van der Waals surface area contributed by atoms with Crippen LogP contribution in [0.25, 0.3) is 66.5 Å². The number of aryl methyl sites for hydroxylation is 3. The number of hydrogen-bond donors (Lipinski definition) is 3. The van der Waals surface area contributed by atoms with Crippen LogP contribution >= 0.6 is 15.9 Å². The number of H-pyrrole nitrogens is 1. The molecule has 3 heterocycles. The highest BCUT2D eigenvalue weighted by Crippen LogP contribution is 2.35. The number of benzene rings is 6. The van der Waals surface area contributed by atoms with Crippen LogP contribution in [-0.2, 0) is 14.2 Å². The molecule has 0 aliphatic rings. The molecule has 372 valence electrons. The van der Waals surface area contributed by atoms with Gasteiger partial charge in [0.2, 0.25) is 0 Å². The molecule has 0 atom stereocenters. The number of aromatic amines is 1. The van der Waals surface area contributed by atoms with E-state index in [0.29, 0.717) is 11.2 Å². The van der Waals surface area contributed by atoms with Crippen LogP contribution < -0.4 is 11.1 Å². The minimum Gasteiger partial charge on any atom is -0.444 e. The van der Waals surface area contributed by atoms with Gasteiger partial charge in [-0.3, -0.25) is 5.32 Å². The maximum atomic E-state index is 13.2. The van der Waals surface area contributed by atoms with Crippen LogP contribution in [0, 0.1) is 20.8 Å². The number of nitrogens with two attached hydrogens (primary N) is 1. The molecule has 0 aliphatic heterocycles. The van der Waals surface area contributed by atoms with Crippen LogP contribution in [0.5, 0.6) is 0 Å². The molecule has 11 nitrogen and oxygen atoms in total. The highest BCUT2D eigenvalue weighted by Gasteiger charge is 2.26. The Morgan fingerprint density at radius 2 is 0.958 bits per heavy atom. The largest absolute Gasteiger partial charge is 0.444 e. The van der Waals surface area contributed by atoms with E-state index in [1.54, 1.807) is 42.0 Å². The van der Waals surface area contributed by atoms with Crippen LogP contribution in [0.4, 0.5) is 25.8 Å². The fourth-order valence-corrected chi connectivity index (χ4v) is 8.51. The van der Waals surface area contributed by atoms with Gasteiger partial charge in [-0.05, 0) is 154 Å². The lowest BCUT2D eigenvalue weighted by Gasteiger charge is -2.21. The summed E-state index contributed by atoms with van der Waals surface area (Å²) in [5.41, 5.74) is 17.2. The van der Waals surface area contributed by atoms with Crippen molar-refractivity contribution in [2.45, 2.75) is 99.9 Å². The van der Waals surface area contributed by atoms with E-state index in [-0.39, 0.29) is 6.09 Å². The van der Waals surface area contributed by atoms with Gasteiger partial charge in [0.1, 0.15) is 16.8 Å². The first-order valence-corrected chi connectivity index (χ1v) is 24.6. The number of fused-ring (bicyclic) bond motifs is 3. The molecule has 4 N–H and O–H groups in total. The highest BCUT2D eigenvalue weighted by atomic mass is 79.9. The molecule has 0 unspecified atom stereocenters. The van der Waals surface area contributed by atoms with Crippen LogP contribution in [0.3, 0.4) is 0 Å². The number of carbonyl (C=O) groups is 3. The molecule has 0 saturated heterocycles. The lowest BCUT2D eigenvalue weighted by Crippen LogP contribution is -2.28. The predicted octanol–water partition coefficient (Wildman–Crippen LogP) is 16.6. The van der Waals surface area contributed by atoms with E-state index in [9.17, 15) is 14.4 Å². The molecular formula is C60H64BrN5O6. The van der Waals surface area contributed by atoms with E-state index in [0.717, 1.165) is 71.3 Å². The molecule has 0 radical (unpaired) electrons. The number of nitrogens with one attached hydrogen (secondary N) is 2. The van der Waals surface area contributed by atoms with Gasteiger partial charge in [-0.1, -0.05) is 107 Å². The van der Waals surface area contributed by atoms with Crippen molar-refractivity contribution in [3.05, 3.63) is 167 Å². The highest BCUT2D eigenvalue weighted by molar-refractivity contribution is 9.10. The summed E-state index contributed by atoms with van der Waals surface area (Å²) in [7, 11) is 0. The minimum absolute atomic E-state index is 0.367. The van der Waals surface area contributed by atoms with E-state index in [1.807, 2.05) is 159 Å². The second-order valence-corrected chi connectivity index (χ2v) is 21.7. The van der Waals surface area contributed by atoms with Crippen molar-refractivity contribution >= 4 is 78.3 Å². The normalized spacial score (nSPS) is 11.6. The third-order valence-electron chi connectivity index (χ3n) is 11.3. The summed E-state index contributed by atoms with van der Waals surface area (Å²) < 4.78 is 20.8. The maximum absolute atomic E-state index is 13.2. The molecule has 1 amide bonds. The number of carbonyl (C=O) groups excluding carboxylic acids is 3. The predicted molar refractivity (Wildman–Crippen MR) is 298 cm³/mol. The van der Waals surface area contributed by atoms with Gasteiger partial charge in [0.25, 0.3) is 0 Å². The van der Waals surface area contributed by atoms with Crippen LogP contribution in [0.2, 0.25) is 0 Å². The van der Waals surface area contributed by atoms with Gasteiger partial charge in [-0.15, -0.1) is 0 Å².